The van der Waals surface area contributed by atoms with Gasteiger partial charge in [-0.25, -0.2) is 4.68 Å². The van der Waals surface area contributed by atoms with Gasteiger partial charge in [0.05, 0.1) is 17.4 Å². The fourth-order valence-corrected chi connectivity index (χ4v) is 5.66. The van der Waals surface area contributed by atoms with Crippen LogP contribution in [0.4, 0.5) is 5.69 Å². The number of aromatic nitrogens is 1. The van der Waals surface area contributed by atoms with Gasteiger partial charge in [-0.3, -0.25) is 9.79 Å². The molecular weight excluding hydrogens is 408 g/mol. The first-order chi connectivity index (χ1) is 15.3. The molecule has 2 saturated carbocycles. The average molecular weight is 439 g/mol. The van der Waals surface area contributed by atoms with E-state index >= 15 is 0 Å². The minimum absolute atomic E-state index is 0.0703. The van der Waals surface area contributed by atoms with Crippen molar-refractivity contribution in [2.45, 2.75) is 70.3 Å². The van der Waals surface area contributed by atoms with Crippen LogP contribution < -0.4 is 14.9 Å². The molecule has 1 amide bonds. The highest BCUT2D eigenvalue weighted by Gasteiger charge is 2.19. The zero-order chi connectivity index (χ0) is 21.0. The molecule has 1 aliphatic heterocycles. The number of thiazole rings is 1. The van der Waals surface area contributed by atoms with Crippen LogP contribution in [0.25, 0.3) is 11.3 Å². The number of fused-ring (bicyclic) bond motifs is 1. The molecule has 0 radical (unpaired) electrons. The van der Waals surface area contributed by atoms with Crippen molar-refractivity contribution in [3.05, 3.63) is 28.4 Å². The molecule has 1 aromatic heterocycles. The van der Waals surface area contributed by atoms with Gasteiger partial charge in [0.2, 0.25) is 4.80 Å². The molecule has 2 fully saturated rings. The molecular formula is C24H30N4O2S. The predicted octanol–water partition coefficient (Wildman–Crippen LogP) is 5.20. The van der Waals surface area contributed by atoms with Gasteiger partial charge in [0.25, 0.3) is 5.91 Å². The standard InChI is InChI=1S/C24H30N4O2S/c29-23-15-30-22-12-11-18(13-20(22)27-23)21-16-31-24(26-19-9-5-2-6-10-19)28(21)25-14-17-7-3-1-4-8-17/h11-14,16-17,19H,1-10,15H2,(H,27,29). The van der Waals surface area contributed by atoms with E-state index in [1.54, 1.807) is 11.3 Å². The Balaban J connectivity index is 1.52. The number of anilines is 1. The Morgan fingerprint density at radius 2 is 1.84 bits per heavy atom. The van der Waals surface area contributed by atoms with E-state index in [1.807, 2.05) is 22.9 Å². The Morgan fingerprint density at radius 1 is 1.06 bits per heavy atom. The maximum Gasteiger partial charge on any atom is 0.262 e. The van der Waals surface area contributed by atoms with Crippen molar-refractivity contribution in [2.24, 2.45) is 16.0 Å². The van der Waals surface area contributed by atoms with Crippen molar-refractivity contribution in [2.75, 3.05) is 11.9 Å². The number of hydrogen-bond acceptors (Lipinski definition) is 5. The minimum atomic E-state index is -0.119. The quantitative estimate of drug-likeness (QED) is 0.667. The third kappa shape index (κ3) is 4.76. The lowest BCUT2D eigenvalue weighted by molar-refractivity contribution is -0.118. The molecule has 0 saturated heterocycles. The topological polar surface area (TPSA) is 68.0 Å². The van der Waals surface area contributed by atoms with Crippen molar-refractivity contribution in [3.63, 3.8) is 0 Å². The van der Waals surface area contributed by atoms with Crippen LogP contribution in [0.1, 0.15) is 64.2 Å². The summed E-state index contributed by atoms with van der Waals surface area (Å²) in [5.74, 6) is 1.14. The molecule has 2 heterocycles. The Morgan fingerprint density at radius 3 is 2.65 bits per heavy atom. The van der Waals surface area contributed by atoms with Crippen LogP contribution in [0, 0.1) is 5.92 Å². The summed E-state index contributed by atoms with van der Waals surface area (Å²) < 4.78 is 7.54. The van der Waals surface area contributed by atoms with Gasteiger partial charge < -0.3 is 10.1 Å². The molecule has 6 nitrogen and oxygen atoms in total. The average Bonchev–Trinajstić information content (AvgIpc) is 3.21. The van der Waals surface area contributed by atoms with E-state index in [4.69, 9.17) is 14.8 Å². The predicted molar refractivity (Wildman–Crippen MR) is 125 cm³/mol. The summed E-state index contributed by atoms with van der Waals surface area (Å²) >= 11 is 1.65. The molecule has 0 bridgehead atoms. The highest BCUT2D eigenvalue weighted by molar-refractivity contribution is 7.07. The van der Waals surface area contributed by atoms with E-state index in [-0.39, 0.29) is 12.5 Å². The van der Waals surface area contributed by atoms with Gasteiger partial charge in [-0.05, 0) is 49.8 Å². The third-order valence-electron chi connectivity index (χ3n) is 6.50. The van der Waals surface area contributed by atoms with E-state index in [9.17, 15) is 4.79 Å². The van der Waals surface area contributed by atoms with E-state index in [0.29, 0.717) is 23.4 Å². The number of amides is 1. The third-order valence-corrected chi connectivity index (χ3v) is 7.33. The lowest BCUT2D eigenvalue weighted by Crippen LogP contribution is -2.25. The Hall–Kier alpha value is -2.41. The fourth-order valence-electron chi connectivity index (χ4n) is 4.75. The van der Waals surface area contributed by atoms with Crippen molar-refractivity contribution in [3.8, 4) is 17.0 Å². The zero-order valence-corrected chi connectivity index (χ0v) is 18.7. The van der Waals surface area contributed by atoms with Crippen LogP contribution in [0.5, 0.6) is 5.75 Å². The smallest absolute Gasteiger partial charge is 0.262 e. The molecule has 0 spiro atoms. The largest absolute Gasteiger partial charge is 0.482 e. The molecule has 1 N–H and O–H groups in total. The molecule has 5 rings (SSSR count). The lowest BCUT2D eigenvalue weighted by atomic mass is 9.90. The van der Waals surface area contributed by atoms with Crippen LogP contribution in [-0.4, -0.2) is 29.4 Å². The Bertz CT molecular complexity index is 1030. The number of nitrogens with one attached hydrogen (secondary N) is 1. The van der Waals surface area contributed by atoms with Crippen LogP contribution in [-0.2, 0) is 4.79 Å². The lowest BCUT2D eigenvalue weighted by Gasteiger charge is -2.19. The SMILES string of the molecule is O=C1COc2ccc(-c3csc(=NC4CCCCC4)n3N=CC3CCCCC3)cc2N1. The summed E-state index contributed by atoms with van der Waals surface area (Å²) in [6.07, 6.45) is 14.7. The van der Waals surface area contributed by atoms with Gasteiger partial charge in [0.15, 0.2) is 6.61 Å². The van der Waals surface area contributed by atoms with E-state index < -0.39 is 0 Å². The number of hydrogen-bond donors (Lipinski definition) is 1. The summed E-state index contributed by atoms with van der Waals surface area (Å²) in [5, 5.41) is 9.99. The molecule has 164 valence electrons. The second-order valence-electron chi connectivity index (χ2n) is 8.85. The van der Waals surface area contributed by atoms with E-state index in [2.05, 4.69) is 16.9 Å². The van der Waals surface area contributed by atoms with Crippen LogP contribution in [0.2, 0.25) is 0 Å². The van der Waals surface area contributed by atoms with Crippen LogP contribution in [0.15, 0.2) is 33.7 Å². The molecule has 0 unspecified atom stereocenters. The highest BCUT2D eigenvalue weighted by Crippen LogP contribution is 2.33. The number of rotatable bonds is 4. The molecule has 2 aliphatic carbocycles. The van der Waals surface area contributed by atoms with E-state index in [1.165, 1.54) is 64.2 Å². The second kappa shape index (κ2) is 9.39. The van der Waals surface area contributed by atoms with Gasteiger partial charge in [-0.15, -0.1) is 11.3 Å². The normalized spacial score (nSPS) is 21.2. The van der Waals surface area contributed by atoms with Gasteiger partial charge in [0.1, 0.15) is 5.75 Å². The summed E-state index contributed by atoms with van der Waals surface area (Å²) in [5.41, 5.74) is 2.73. The first-order valence-corrected chi connectivity index (χ1v) is 12.5. The van der Waals surface area contributed by atoms with Gasteiger partial charge in [-0.2, -0.15) is 5.10 Å². The Labute approximate surface area is 187 Å². The van der Waals surface area contributed by atoms with Crippen molar-refractivity contribution in [1.82, 2.24) is 4.68 Å². The Kier molecular flexibility index (Phi) is 6.20. The van der Waals surface area contributed by atoms with Gasteiger partial charge in [0, 0.05) is 17.2 Å². The number of benzene rings is 1. The summed E-state index contributed by atoms with van der Waals surface area (Å²) in [6.45, 7) is 0.0703. The summed E-state index contributed by atoms with van der Waals surface area (Å²) in [6, 6.07) is 6.34. The van der Waals surface area contributed by atoms with Crippen LogP contribution >= 0.6 is 11.3 Å². The highest BCUT2D eigenvalue weighted by atomic mass is 32.1. The van der Waals surface area contributed by atoms with Gasteiger partial charge >= 0.3 is 0 Å². The first kappa shape index (κ1) is 20.5. The van der Waals surface area contributed by atoms with Crippen molar-refractivity contribution >= 4 is 29.1 Å². The van der Waals surface area contributed by atoms with Crippen molar-refractivity contribution in [1.29, 1.82) is 0 Å². The maximum atomic E-state index is 11.8. The molecule has 31 heavy (non-hydrogen) atoms. The van der Waals surface area contributed by atoms with Crippen LogP contribution in [0.3, 0.4) is 0 Å². The fraction of sp³-hybridized carbons (Fsp3) is 0.542. The summed E-state index contributed by atoms with van der Waals surface area (Å²) in [4.78, 5) is 17.8. The number of carbonyl (C=O) groups is 1. The first-order valence-electron chi connectivity index (χ1n) is 11.6. The molecule has 7 heteroatoms. The number of ether oxygens (including phenoxy) is 1. The maximum absolute atomic E-state index is 11.8. The zero-order valence-electron chi connectivity index (χ0n) is 17.9. The molecule has 2 aromatic rings. The van der Waals surface area contributed by atoms with Crippen molar-refractivity contribution < 1.29 is 9.53 Å². The molecule has 0 atom stereocenters. The monoisotopic (exact) mass is 438 g/mol. The molecule has 3 aliphatic rings. The second-order valence-corrected chi connectivity index (χ2v) is 9.68. The minimum Gasteiger partial charge on any atom is -0.482 e. The molecule has 1 aromatic carbocycles. The van der Waals surface area contributed by atoms with Gasteiger partial charge in [-0.1, -0.05) is 38.5 Å². The van der Waals surface area contributed by atoms with E-state index in [0.717, 1.165) is 16.1 Å². The summed E-state index contributed by atoms with van der Waals surface area (Å²) in [7, 11) is 0. The number of nitrogens with zero attached hydrogens (tertiary/aromatic N) is 3. The number of carbonyl (C=O) groups excluding carboxylic acids is 1.